The maximum absolute atomic E-state index is 12.6. The third-order valence-electron chi connectivity index (χ3n) is 14.1. The molecule has 0 aromatic rings. The Bertz CT molecular complexity index is 1170. The Morgan fingerprint density at radius 2 is 0.718 bits per heavy atom. The Labute approximate surface area is 440 Å². The van der Waals surface area contributed by atoms with Crippen molar-refractivity contribution in [2.24, 2.45) is 5.73 Å². The first-order valence-corrected chi connectivity index (χ1v) is 32.7. The van der Waals surface area contributed by atoms with E-state index in [1.54, 1.807) is 0 Å². The molecular formula is C61H120NO8P. The molecule has 0 heterocycles. The molecule has 2 atom stereocenters. The summed E-state index contributed by atoms with van der Waals surface area (Å²) in [4.78, 5) is 35.0. The smallest absolute Gasteiger partial charge is 0.462 e. The minimum absolute atomic E-state index is 0.0549. The van der Waals surface area contributed by atoms with E-state index in [-0.39, 0.29) is 38.6 Å². The maximum atomic E-state index is 12.6. The van der Waals surface area contributed by atoms with E-state index in [4.69, 9.17) is 24.3 Å². The van der Waals surface area contributed by atoms with Crippen LogP contribution in [0, 0.1) is 0 Å². The first kappa shape index (κ1) is 69.8. The Morgan fingerprint density at radius 3 is 1.06 bits per heavy atom. The Hall–Kier alpha value is -1.25. The SMILES string of the molecule is CCC/C=C\CCCCCCCC(=O)OC(COC(=O)CCCCCCCCCCCCCCCCCCCCCCCCCCCCCCCCCCCCCCCCCC)COP(=O)(O)OCCN. The molecule has 9 nitrogen and oxygen atoms in total. The zero-order valence-electron chi connectivity index (χ0n) is 47.2. The second-order valence-corrected chi connectivity index (χ2v) is 22.7. The van der Waals surface area contributed by atoms with E-state index in [1.807, 2.05) is 0 Å². The van der Waals surface area contributed by atoms with Crippen LogP contribution < -0.4 is 5.73 Å². The highest BCUT2D eigenvalue weighted by molar-refractivity contribution is 7.47. The summed E-state index contributed by atoms with van der Waals surface area (Å²) in [6.07, 6.45) is 67.8. The normalized spacial score (nSPS) is 13.0. The van der Waals surface area contributed by atoms with Crippen molar-refractivity contribution in [3.8, 4) is 0 Å². The zero-order valence-corrected chi connectivity index (χ0v) is 48.1. The first-order valence-electron chi connectivity index (χ1n) is 31.2. The molecule has 0 aliphatic rings. The molecule has 0 rings (SSSR count). The number of nitrogens with two attached hydrogens (primary N) is 1. The van der Waals surface area contributed by atoms with E-state index in [0.717, 1.165) is 57.8 Å². The van der Waals surface area contributed by atoms with Gasteiger partial charge in [-0.05, 0) is 32.1 Å². The summed E-state index contributed by atoms with van der Waals surface area (Å²) in [5, 5.41) is 0. The highest BCUT2D eigenvalue weighted by Gasteiger charge is 2.26. The van der Waals surface area contributed by atoms with Gasteiger partial charge in [-0.1, -0.05) is 302 Å². The molecule has 0 aromatic carbocycles. The molecule has 10 heteroatoms. The number of hydrogen-bond acceptors (Lipinski definition) is 8. The fourth-order valence-electron chi connectivity index (χ4n) is 9.53. The van der Waals surface area contributed by atoms with Gasteiger partial charge in [-0.2, -0.15) is 0 Å². The predicted octanol–water partition coefficient (Wildman–Crippen LogP) is 19.6. The quantitative estimate of drug-likeness (QED) is 0.0264. The van der Waals surface area contributed by atoms with Crippen molar-refractivity contribution >= 4 is 19.8 Å². The van der Waals surface area contributed by atoms with E-state index >= 15 is 0 Å². The van der Waals surface area contributed by atoms with Crippen molar-refractivity contribution in [2.45, 2.75) is 341 Å². The van der Waals surface area contributed by atoms with Gasteiger partial charge in [-0.25, -0.2) is 4.57 Å². The van der Waals surface area contributed by atoms with Gasteiger partial charge in [0.25, 0.3) is 0 Å². The minimum Gasteiger partial charge on any atom is -0.462 e. The van der Waals surface area contributed by atoms with Gasteiger partial charge in [-0.15, -0.1) is 0 Å². The summed E-state index contributed by atoms with van der Waals surface area (Å²) in [6, 6.07) is 0. The fraction of sp³-hybridized carbons (Fsp3) is 0.934. The van der Waals surface area contributed by atoms with Gasteiger partial charge < -0.3 is 20.1 Å². The van der Waals surface area contributed by atoms with Crippen LogP contribution in [0.3, 0.4) is 0 Å². The number of phosphoric acid groups is 1. The summed E-state index contributed by atoms with van der Waals surface area (Å²) in [6.45, 7) is 3.71. The Balaban J connectivity index is 3.61. The van der Waals surface area contributed by atoms with Crippen LogP contribution in [0.25, 0.3) is 0 Å². The van der Waals surface area contributed by atoms with E-state index < -0.39 is 26.5 Å². The van der Waals surface area contributed by atoms with E-state index in [1.165, 1.54) is 244 Å². The van der Waals surface area contributed by atoms with Crippen LogP contribution in [-0.2, 0) is 32.7 Å². The largest absolute Gasteiger partial charge is 0.472 e. The van der Waals surface area contributed by atoms with Gasteiger partial charge in [0.05, 0.1) is 13.2 Å². The van der Waals surface area contributed by atoms with Crippen LogP contribution >= 0.6 is 7.82 Å². The fourth-order valence-corrected chi connectivity index (χ4v) is 10.3. The van der Waals surface area contributed by atoms with Crippen molar-refractivity contribution in [1.29, 1.82) is 0 Å². The summed E-state index contributed by atoms with van der Waals surface area (Å²) in [7, 11) is -4.38. The molecule has 0 aromatic heterocycles. The van der Waals surface area contributed by atoms with Crippen LogP contribution in [0.15, 0.2) is 12.2 Å². The molecule has 0 aliphatic carbocycles. The number of phosphoric ester groups is 1. The molecule has 2 unspecified atom stereocenters. The summed E-state index contributed by atoms with van der Waals surface area (Å²) in [5.74, 6) is -0.825. The van der Waals surface area contributed by atoms with Crippen molar-refractivity contribution in [3.63, 3.8) is 0 Å². The molecule has 0 bridgehead atoms. The summed E-state index contributed by atoms with van der Waals surface area (Å²) >= 11 is 0. The average molecular weight is 1030 g/mol. The molecule has 0 aliphatic heterocycles. The number of carbonyl (C=O) groups is 2. The Morgan fingerprint density at radius 1 is 0.408 bits per heavy atom. The minimum atomic E-state index is -4.38. The van der Waals surface area contributed by atoms with Crippen LogP contribution in [0.5, 0.6) is 0 Å². The molecule has 0 spiro atoms. The van der Waals surface area contributed by atoms with E-state index in [0.29, 0.717) is 6.42 Å². The lowest BCUT2D eigenvalue weighted by atomic mass is 10.0. The van der Waals surface area contributed by atoms with Gasteiger partial charge in [0.1, 0.15) is 6.61 Å². The topological polar surface area (TPSA) is 134 Å². The number of allylic oxidation sites excluding steroid dienone is 2. The van der Waals surface area contributed by atoms with E-state index in [2.05, 4.69) is 26.0 Å². The molecule has 0 radical (unpaired) electrons. The summed E-state index contributed by atoms with van der Waals surface area (Å²) < 4.78 is 32.9. The van der Waals surface area contributed by atoms with Crippen molar-refractivity contribution in [2.75, 3.05) is 26.4 Å². The lowest BCUT2D eigenvalue weighted by molar-refractivity contribution is -0.161. The van der Waals surface area contributed by atoms with E-state index in [9.17, 15) is 19.0 Å². The van der Waals surface area contributed by atoms with Crippen LogP contribution in [0.4, 0.5) is 0 Å². The molecule has 422 valence electrons. The zero-order chi connectivity index (χ0) is 51.7. The predicted molar refractivity (Wildman–Crippen MR) is 303 cm³/mol. The van der Waals surface area contributed by atoms with Crippen LogP contribution in [-0.4, -0.2) is 49.3 Å². The van der Waals surface area contributed by atoms with Crippen molar-refractivity contribution < 1.29 is 37.6 Å². The van der Waals surface area contributed by atoms with Gasteiger partial charge >= 0.3 is 19.8 Å². The second kappa shape index (κ2) is 58.0. The molecular weight excluding hydrogens is 906 g/mol. The highest BCUT2D eigenvalue weighted by Crippen LogP contribution is 2.43. The molecule has 71 heavy (non-hydrogen) atoms. The standard InChI is InChI=1S/C61H120NO8P/c1-3-5-7-9-11-13-15-16-17-18-19-20-21-22-23-24-25-26-27-28-29-30-31-32-33-34-35-36-37-38-39-40-41-42-43-44-46-47-49-51-53-60(63)67-57-59(58-69-71(65,66)68-56-55-62)70-61(64)54-52-50-48-45-14-12-10-8-6-4-2/h8,10,59H,3-7,9,11-58,62H2,1-2H3,(H,65,66)/b10-8-. The van der Waals surface area contributed by atoms with Crippen LogP contribution in [0.2, 0.25) is 0 Å². The van der Waals surface area contributed by atoms with Gasteiger partial charge in [-0.3, -0.25) is 18.6 Å². The average Bonchev–Trinajstić information content (AvgIpc) is 3.36. The van der Waals surface area contributed by atoms with Crippen LogP contribution in [0.1, 0.15) is 335 Å². The van der Waals surface area contributed by atoms with Gasteiger partial charge in [0, 0.05) is 19.4 Å². The number of ether oxygens (including phenoxy) is 2. The Kier molecular flexibility index (Phi) is 57.0. The third kappa shape index (κ3) is 57.9. The highest BCUT2D eigenvalue weighted by atomic mass is 31.2. The lowest BCUT2D eigenvalue weighted by Crippen LogP contribution is -2.29. The molecule has 3 N–H and O–H groups in total. The van der Waals surface area contributed by atoms with Crippen molar-refractivity contribution in [3.05, 3.63) is 12.2 Å². The first-order chi connectivity index (χ1) is 34.8. The second-order valence-electron chi connectivity index (χ2n) is 21.3. The number of unbranched alkanes of at least 4 members (excludes halogenated alkanes) is 45. The number of carbonyl (C=O) groups excluding carboxylic acids is 2. The third-order valence-corrected chi connectivity index (χ3v) is 15.1. The van der Waals surface area contributed by atoms with Crippen molar-refractivity contribution in [1.82, 2.24) is 0 Å². The monoisotopic (exact) mass is 1030 g/mol. The summed E-state index contributed by atoms with van der Waals surface area (Å²) in [5.41, 5.74) is 5.36. The number of hydrogen-bond donors (Lipinski definition) is 2. The number of rotatable bonds is 60. The molecule has 0 fully saturated rings. The molecule has 0 saturated carbocycles. The number of esters is 2. The maximum Gasteiger partial charge on any atom is 0.472 e. The van der Waals surface area contributed by atoms with Gasteiger partial charge in [0.2, 0.25) is 0 Å². The van der Waals surface area contributed by atoms with Gasteiger partial charge in [0.15, 0.2) is 6.10 Å². The molecule has 0 saturated heterocycles. The lowest BCUT2D eigenvalue weighted by Gasteiger charge is -2.19. The molecule has 0 amide bonds.